The van der Waals surface area contributed by atoms with Crippen LogP contribution in [0.4, 0.5) is 0 Å². The van der Waals surface area contributed by atoms with Gasteiger partial charge in [-0.05, 0) is 76.9 Å². The Morgan fingerprint density at radius 3 is 2.70 bits per heavy atom. The van der Waals surface area contributed by atoms with Crippen LogP contribution >= 0.6 is 0 Å². The number of hydrogen-bond donors (Lipinski definition) is 1. The highest BCUT2D eigenvalue weighted by molar-refractivity contribution is 5.20. The normalized spacial score (nSPS) is 28.9. The van der Waals surface area contributed by atoms with Crippen LogP contribution in [0.5, 0.6) is 0 Å². The largest absolute Gasteiger partial charge is 0.392 e. The smallest absolute Gasteiger partial charge is 0.0611 e. The fourth-order valence-electron chi connectivity index (χ4n) is 5.16. The van der Waals surface area contributed by atoms with Crippen LogP contribution in [0.15, 0.2) is 23.8 Å². The van der Waals surface area contributed by atoms with Crippen LogP contribution in [-0.4, -0.2) is 36.8 Å². The van der Waals surface area contributed by atoms with Gasteiger partial charge in [-0.15, -0.1) is 0 Å². The second-order valence-corrected chi connectivity index (χ2v) is 9.43. The van der Waals surface area contributed by atoms with Crippen molar-refractivity contribution in [2.75, 3.05) is 20.6 Å². The Kier molecular flexibility index (Phi) is 10.1. The highest BCUT2D eigenvalue weighted by Crippen LogP contribution is 2.48. The third kappa shape index (κ3) is 7.38. The first-order valence-electron chi connectivity index (χ1n) is 11.7. The molecule has 0 aromatic carbocycles. The lowest BCUT2D eigenvalue weighted by Gasteiger charge is -2.19. The van der Waals surface area contributed by atoms with E-state index in [9.17, 15) is 5.11 Å². The predicted molar refractivity (Wildman–Crippen MR) is 118 cm³/mol. The Morgan fingerprint density at radius 1 is 1.19 bits per heavy atom. The monoisotopic (exact) mass is 375 g/mol. The number of hydrogen-bond acceptors (Lipinski definition) is 2. The third-order valence-electron chi connectivity index (χ3n) is 6.92. The summed E-state index contributed by atoms with van der Waals surface area (Å²) in [4.78, 5) is 2.28. The predicted octanol–water partition coefficient (Wildman–Crippen LogP) is 6.21. The molecule has 0 aromatic heterocycles. The fraction of sp³-hybridized carbons (Fsp3) is 0.840. The summed E-state index contributed by atoms with van der Waals surface area (Å²) in [6.07, 6.45) is 21.2. The molecule has 2 aliphatic carbocycles. The van der Waals surface area contributed by atoms with Gasteiger partial charge < -0.3 is 10.0 Å². The molecule has 0 amide bonds. The van der Waals surface area contributed by atoms with Gasteiger partial charge in [0.25, 0.3) is 0 Å². The molecule has 27 heavy (non-hydrogen) atoms. The SMILES string of the molecule is CCCC[C@@H](CC)CC=C[C@@H]1[C@H]2CC(CCCCCN(C)C)=C[C@H]2C[C@H]1O. The first-order valence-corrected chi connectivity index (χ1v) is 11.7. The van der Waals surface area contributed by atoms with E-state index in [0.29, 0.717) is 17.8 Å². The molecule has 0 unspecified atom stereocenters. The average Bonchev–Trinajstić information content (AvgIpc) is 3.14. The number of nitrogens with zero attached hydrogens (tertiary/aromatic N) is 1. The molecule has 2 aliphatic rings. The standard InChI is InChI=1S/C25H45NO/c1-5-7-12-20(6-2)14-11-15-23-24-18-21(17-22(24)19-25(23)27)13-9-8-10-16-26(3)4/h11,15,17,20,22-25,27H,5-10,12-14,16,18-19H2,1-4H3/t20-,22+,23-,24+,25-/m1/s1. The van der Waals surface area contributed by atoms with Gasteiger partial charge in [-0.3, -0.25) is 0 Å². The Labute approximate surface area is 169 Å². The van der Waals surface area contributed by atoms with Gasteiger partial charge >= 0.3 is 0 Å². The Morgan fingerprint density at radius 2 is 2.00 bits per heavy atom. The summed E-state index contributed by atoms with van der Waals surface area (Å²) in [5.41, 5.74) is 1.68. The molecule has 0 saturated heterocycles. The quantitative estimate of drug-likeness (QED) is 0.305. The van der Waals surface area contributed by atoms with E-state index in [1.54, 1.807) is 5.57 Å². The lowest BCUT2D eigenvalue weighted by Crippen LogP contribution is -2.17. The van der Waals surface area contributed by atoms with Crippen LogP contribution < -0.4 is 0 Å². The van der Waals surface area contributed by atoms with Crippen molar-refractivity contribution in [3.05, 3.63) is 23.8 Å². The average molecular weight is 376 g/mol. The Bertz CT molecular complexity index is 467. The van der Waals surface area contributed by atoms with Crippen LogP contribution in [0.25, 0.3) is 0 Å². The van der Waals surface area contributed by atoms with Crippen molar-refractivity contribution in [1.82, 2.24) is 4.90 Å². The molecule has 0 bridgehead atoms. The van der Waals surface area contributed by atoms with Gasteiger partial charge in [0.2, 0.25) is 0 Å². The summed E-state index contributed by atoms with van der Waals surface area (Å²) in [7, 11) is 4.32. The van der Waals surface area contributed by atoms with Crippen molar-refractivity contribution in [3.8, 4) is 0 Å². The molecule has 1 saturated carbocycles. The van der Waals surface area contributed by atoms with E-state index in [1.807, 2.05) is 0 Å². The van der Waals surface area contributed by atoms with Crippen LogP contribution in [0.3, 0.4) is 0 Å². The van der Waals surface area contributed by atoms with E-state index >= 15 is 0 Å². The number of rotatable bonds is 13. The lowest BCUT2D eigenvalue weighted by molar-refractivity contribution is 0.141. The highest BCUT2D eigenvalue weighted by Gasteiger charge is 2.43. The number of allylic oxidation sites excluding steroid dienone is 3. The molecule has 2 rings (SSSR count). The van der Waals surface area contributed by atoms with Crippen LogP contribution in [-0.2, 0) is 0 Å². The van der Waals surface area contributed by atoms with Crippen LogP contribution in [0, 0.1) is 23.7 Å². The minimum atomic E-state index is -0.121. The molecular formula is C25H45NO. The summed E-state index contributed by atoms with van der Waals surface area (Å²) in [6, 6.07) is 0. The van der Waals surface area contributed by atoms with Crippen molar-refractivity contribution >= 4 is 0 Å². The third-order valence-corrected chi connectivity index (χ3v) is 6.92. The number of fused-ring (bicyclic) bond motifs is 1. The first kappa shape index (κ1) is 22.7. The minimum absolute atomic E-state index is 0.121. The maximum atomic E-state index is 10.6. The molecule has 0 spiro atoms. The number of aliphatic hydroxyl groups excluding tert-OH is 1. The van der Waals surface area contributed by atoms with Gasteiger partial charge in [-0.2, -0.15) is 0 Å². The zero-order chi connectivity index (χ0) is 19.6. The Hall–Kier alpha value is -0.600. The maximum absolute atomic E-state index is 10.6. The lowest BCUT2D eigenvalue weighted by atomic mass is 9.87. The highest BCUT2D eigenvalue weighted by atomic mass is 16.3. The summed E-state index contributed by atoms with van der Waals surface area (Å²) in [5, 5.41) is 10.6. The molecule has 1 fully saturated rings. The zero-order valence-corrected chi connectivity index (χ0v) is 18.5. The van der Waals surface area contributed by atoms with Crippen LogP contribution in [0.1, 0.15) is 84.5 Å². The van der Waals surface area contributed by atoms with Gasteiger partial charge in [0, 0.05) is 5.92 Å². The zero-order valence-electron chi connectivity index (χ0n) is 18.5. The van der Waals surface area contributed by atoms with Gasteiger partial charge in [0.15, 0.2) is 0 Å². The van der Waals surface area contributed by atoms with Gasteiger partial charge in [-0.25, -0.2) is 0 Å². The molecule has 1 N–H and O–H groups in total. The topological polar surface area (TPSA) is 23.5 Å². The number of unbranched alkanes of at least 4 members (excludes halogenated alkanes) is 3. The van der Waals surface area contributed by atoms with Crippen LogP contribution in [0.2, 0.25) is 0 Å². The van der Waals surface area contributed by atoms with E-state index in [1.165, 1.54) is 70.8 Å². The molecule has 2 nitrogen and oxygen atoms in total. The molecule has 0 radical (unpaired) electrons. The van der Waals surface area contributed by atoms with E-state index in [-0.39, 0.29) is 6.10 Å². The first-order chi connectivity index (χ1) is 13.0. The summed E-state index contributed by atoms with van der Waals surface area (Å²) in [6.45, 7) is 5.81. The Balaban J connectivity index is 1.75. The summed E-state index contributed by atoms with van der Waals surface area (Å²) >= 11 is 0. The minimum Gasteiger partial charge on any atom is -0.392 e. The van der Waals surface area contributed by atoms with Gasteiger partial charge in [0.1, 0.15) is 0 Å². The molecule has 0 heterocycles. The molecule has 0 aromatic rings. The van der Waals surface area contributed by atoms with E-state index in [0.717, 1.165) is 12.3 Å². The molecule has 0 aliphatic heterocycles. The summed E-state index contributed by atoms with van der Waals surface area (Å²) < 4.78 is 0. The van der Waals surface area contributed by atoms with Gasteiger partial charge in [0.05, 0.1) is 6.10 Å². The second kappa shape index (κ2) is 12.1. The van der Waals surface area contributed by atoms with E-state index in [4.69, 9.17) is 0 Å². The number of aliphatic hydroxyl groups is 1. The molecular weight excluding hydrogens is 330 g/mol. The van der Waals surface area contributed by atoms with Gasteiger partial charge in [-0.1, -0.05) is 69.8 Å². The summed E-state index contributed by atoms with van der Waals surface area (Å²) in [5.74, 6) is 2.52. The van der Waals surface area contributed by atoms with Crippen molar-refractivity contribution in [3.63, 3.8) is 0 Å². The maximum Gasteiger partial charge on any atom is 0.0611 e. The van der Waals surface area contributed by atoms with Crippen molar-refractivity contribution < 1.29 is 5.11 Å². The molecule has 2 heteroatoms. The van der Waals surface area contributed by atoms with Crippen molar-refractivity contribution in [2.24, 2.45) is 23.7 Å². The molecule has 156 valence electrons. The van der Waals surface area contributed by atoms with Crippen molar-refractivity contribution in [1.29, 1.82) is 0 Å². The van der Waals surface area contributed by atoms with Crippen molar-refractivity contribution in [2.45, 2.75) is 90.6 Å². The van der Waals surface area contributed by atoms with E-state index < -0.39 is 0 Å². The fourth-order valence-corrected chi connectivity index (χ4v) is 5.16. The molecule has 5 atom stereocenters. The van der Waals surface area contributed by atoms with E-state index in [2.05, 4.69) is 51.1 Å². The second-order valence-electron chi connectivity index (χ2n) is 9.43.